The van der Waals surface area contributed by atoms with Crippen LogP contribution in [0.5, 0.6) is 11.5 Å². The van der Waals surface area contributed by atoms with Gasteiger partial charge in [0.25, 0.3) is 5.69 Å². The fourth-order valence-corrected chi connectivity index (χ4v) is 3.45. The van der Waals surface area contributed by atoms with Crippen molar-refractivity contribution in [2.45, 2.75) is 6.92 Å². The molecule has 0 aromatic heterocycles. The quantitative estimate of drug-likeness (QED) is 0.158. The third kappa shape index (κ3) is 5.12. The molecule has 8 nitrogen and oxygen atoms in total. The van der Waals surface area contributed by atoms with Gasteiger partial charge < -0.3 is 14.2 Å². The Morgan fingerprint density at radius 2 is 2.10 bits per heavy atom. The summed E-state index contributed by atoms with van der Waals surface area (Å²) >= 11 is 9.27. The minimum Gasteiger partial charge on any atom is -0.490 e. The zero-order chi connectivity index (χ0) is 22.5. The van der Waals surface area contributed by atoms with E-state index >= 15 is 0 Å². The van der Waals surface area contributed by atoms with Gasteiger partial charge in [-0.2, -0.15) is 0 Å². The number of esters is 1. The molecule has 0 saturated carbocycles. The largest absolute Gasteiger partial charge is 0.490 e. The van der Waals surface area contributed by atoms with E-state index in [2.05, 4.69) is 27.5 Å². The summed E-state index contributed by atoms with van der Waals surface area (Å²) in [6, 6.07) is 7.48. The highest BCUT2D eigenvalue weighted by Crippen LogP contribution is 2.38. The lowest BCUT2D eigenvalue weighted by Crippen LogP contribution is -2.06. The molecule has 0 radical (unpaired) electrons. The molecular weight excluding hydrogens is 492 g/mol. The highest BCUT2D eigenvalue weighted by molar-refractivity contribution is 9.10. The van der Waals surface area contributed by atoms with Crippen molar-refractivity contribution in [3.8, 4) is 11.5 Å². The van der Waals surface area contributed by atoms with Crippen LogP contribution in [0.2, 0.25) is 5.02 Å². The second-order valence-corrected chi connectivity index (χ2v) is 7.38. The standard InChI is InChI=1S/C21H16BrClN2O6/c1-3-7-30-19-14(22)8-12(10-18(19)29-4-2)9-16-21(26)31-20(24-16)13-5-6-15(23)17(11-13)25(27)28/h3,5-6,8-11H,1,4,7H2,2H3/b16-9-. The van der Waals surface area contributed by atoms with Crippen molar-refractivity contribution in [1.29, 1.82) is 0 Å². The fourth-order valence-electron chi connectivity index (χ4n) is 2.69. The van der Waals surface area contributed by atoms with Gasteiger partial charge in [0.1, 0.15) is 11.6 Å². The molecule has 2 aromatic rings. The van der Waals surface area contributed by atoms with E-state index in [-0.39, 0.29) is 27.9 Å². The Hall–Kier alpha value is -3.17. The molecule has 0 atom stereocenters. The average Bonchev–Trinajstić information content (AvgIpc) is 3.08. The van der Waals surface area contributed by atoms with Gasteiger partial charge in [-0.15, -0.1) is 0 Å². The van der Waals surface area contributed by atoms with Crippen molar-refractivity contribution in [3.63, 3.8) is 0 Å². The number of aliphatic imine (C=N–C) groups is 1. The molecule has 31 heavy (non-hydrogen) atoms. The van der Waals surface area contributed by atoms with E-state index in [0.717, 1.165) is 0 Å². The molecule has 1 heterocycles. The van der Waals surface area contributed by atoms with E-state index in [9.17, 15) is 14.9 Å². The summed E-state index contributed by atoms with van der Waals surface area (Å²) in [6.07, 6.45) is 3.13. The van der Waals surface area contributed by atoms with Crippen molar-refractivity contribution in [2.75, 3.05) is 13.2 Å². The molecule has 10 heteroatoms. The minimum atomic E-state index is -0.686. The summed E-state index contributed by atoms with van der Waals surface area (Å²) in [5, 5.41) is 11.1. The zero-order valence-corrected chi connectivity index (χ0v) is 18.6. The second-order valence-electron chi connectivity index (χ2n) is 6.12. The number of carbonyl (C=O) groups is 1. The number of nitro groups is 1. The average molecular weight is 508 g/mol. The van der Waals surface area contributed by atoms with Crippen LogP contribution >= 0.6 is 27.5 Å². The van der Waals surface area contributed by atoms with Crippen LogP contribution in [-0.2, 0) is 9.53 Å². The van der Waals surface area contributed by atoms with Crippen LogP contribution in [0.1, 0.15) is 18.1 Å². The van der Waals surface area contributed by atoms with Gasteiger partial charge in [-0.3, -0.25) is 10.1 Å². The summed E-state index contributed by atoms with van der Waals surface area (Å²) in [4.78, 5) is 27.0. The summed E-state index contributed by atoms with van der Waals surface area (Å²) in [6.45, 7) is 6.18. The van der Waals surface area contributed by atoms with Crippen LogP contribution in [0, 0.1) is 10.1 Å². The molecule has 1 aliphatic rings. The van der Waals surface area contributed by atoms with Crippen LogP contribution in [-0.4, -0.2) is 30.0 Å². The Morgan fingerprint density at radius 3 is 2.77 bits per heavy atom. The third-order valence-corrected chi connectivity index (χ3v) is 4.90. The number of halogens is 2. The molecule has 0 bridgehead atoms. The first-order valence-corrected chi connectivity index (χ1v) is 10.2. The number of ether oxygens (including phenoxy) is 3. The first-order chi connectivity index (χ1) is 14.8. The van der Waals surface area contributed by atoms with Crippen molar-refractivity contribution in [2.24, 2.45) is 4.99 Å². The van der Waals surface area contributed by atoms with E-state index in [1.54, 1.807) is 18.2 Å². The normalized spacial score (nSPS) is 14.2. The Kier molecular flexibility index (Phi) is 7.09. The summed E-state index contributed by atoms with van der Waals surface area (Å²) < 4.78 is 17.1. The van der Waals surface area contributed by atoms with Gasteiger partial charge >= 0.3 is 5.97 Å². The molecule has 1 aliphatic heterocycles. The van der Waals surface area contributed by atoms with Gasteiger partial charge in [0.2, 0.25) is 5.90 Å². The minimum absolute atomic E-state index is 0.0264. The molecule has 0 N–H and O–H groups in total. The topological polar surface area (TPSA) is 100 Å². The third-order valence-electron chi connectivity index (χ3n) is 3.99. The van der Waals surface area contributed by atoms with Crippen molar-refractivity contribution in [1.82, 2.24) is 0 Å². The van der Waals surface area contributed by atoms with Crippen LogP contribution in [0.25, 0.3) is 6.08 Å². The van der Waals surface area contributed by atoms with E-state index in [1.165, 1.54) is 24.3 Å². The van der Waals surface area contributed by atoms with E-state index < -0.39 is 10.9 Å². The first-order valence-electron chi connectivity index (χ1n) is 9.01. The van der Waals surface area contributed by atoms with Crippen LogP contribution < -0.4 is 9.47 Å². The van der Waals surface area contributed by atoms with Gasteiger partial charge in [0.15, 0.2) is 17.2 Å². The van der Waals surface area contributed by atoms with Gasteiger partial charge in [0, 0.05) is 11.6 Å². The Morgan fingerprint density at radius 1 is 1.32 bits per heavy atom. The molecule has 0 unspecified atom stereocenters. The predicted octanol–water partition coefficient (Wildman–Crippen LogP) is 5.32. The summed E-state index contributed by atoms with van der Waals surface area (Å²) in [5.74, 6) is 0.254. The molecule has 3 rings (SSSR count). The monoisotopic (exact) mass is 506 g/mol. The number of nitro benzene ring substituents is 1. The number of benzene rings is 2. The van der Waals surface area contributed by atoms with Crippen molar-refractivity contribution < 1.29 is 23.9 Å². The highest BCUT2D eigenvalue weighted by atomic mass is 79.9. The number of hydrogen-bond donors (Lipinski definition) is 0. The molecule has 0 spiro atoms. The molecule has 160 valence electrons. The number of hydrogen-bond acceptors (Lipinski definition) is 7. The lowest BCUT2D eigenvalue weighted by molar-refractivity contribution is -0.384. The van der Waals surface area contributed by atoms with E-state index in [1.807, 2.05) is 6.92 Å². The maximum atomic E-state index is 12.3. The zero-order valence-electron chi connectivity index (χ0n) is 16.3. The SMILES string of the molecule is C=CCOc1c(Br)cc(/C=C2\N=C(c3ccc(Cl)c([N+](=O)[O-])c3)OC2=O)cc1OCC. The van der Waals surface area contributed by atoms with Gasteiger partial charge in [-0.25, -0.2) is 9.79 Å². The lowest BCUT2D eigenvalue weighted by atomic mass is 10.1. The predicted molar refractivity (Wildman–Crippen MR) is 120 cm³/mol. The Bertz CT molecular complexity index is 1130. The van der Waals surface area contributed by atoms with Crippen LogP contribution in [0.4, 0.5) is 5.69 Å². The van der Waals surface area contributed by atoms with Crippen LogP contribution in [0.3, 0.4) is 0 Å². The Labute approximate surface area is 191 Å². The van der Waals surface area contributed by atoms with Crippen molar-refractivity contribution >= 4 is 51.2 Å². The molecule has 2 aromatic carbocycles. The van der Waals surface area contributed by atoms with Crippen LogP contribution in [0.15, 0.2) is 58.1 Å². The maximum Gasteiger partial charge on any atom is 0.363 e. The van der Waals surface area contributed by atoms with E-state index in [0.29, 0.717) is 34.7 Å². The number of carbonyl (C=O) groups excluding carboxylic acids is 1. The summed E-state index contributed by atoms with van der Waals surface area (Å²) in [5.41, 5.74) is 0.593. The number of nitrogens with zero attached hydrogens (tertiary/aromatic N) is 2. The Balaban J connectivity index is 1.97. The second kappa shape index (κ2) is 9.76. The first kappa shape index (κ1) is 22.5. The molecule has 0 amide bonds. The smallest absolute Gasteiger partial charge is 0.363 e. The lowest BCUT2D eigenvalue weighted by Gasteiger charge is -2.13. The molecule has 0 fully saturated rings. The highest BCUT2D eigenvalue weighted by Gasteiger charge is 2.26. The van der Waals surface area contributed by atoms with E-state index in [4.69, 9.17) is 25.8 Å². The van der Waals surface area contributed by atoms with Gasteiger partial charge in [0.05, 0.1) is 16.0 Å². The molecule has 0 saturated heterocycles. The summed E-state index contributed by atoms with van der Waals surface area (Å²) in [7, 11) is 0. The number of rotatable bonds is 8. The maximum absolute atomic E-state index is 12.3. The van der Waals surface area contributed by atoms with Crippen molar-refractivity contribution in [3.05, 3.63) is 79.4 Å². The van der Waals surface area contributed by atoms with Gasteiger partial charge in [-0.05, 0) is 58.8 Å². The molecular formula is C21H16BrClN2O6. The number of cyclic esters (lactones) is 1. The van der Waals surface area contributed by atoms with Gasteiger partial charge in [-0.1, -0.05) is 24.3 Å². The fraction of sp³-hybridized carbons (Fsp3) is 0.143. The molecule has 0 aliphatic carbocycles.